The van der Waals surface area contributed by atoms with E-state index in [1.807, 2.05) is 23.2 Å². The molecule has 0 aliphatic rings. The lowest BCUT2D eigenvalue weighted by atomic mass is 10.1. The Kier molecular flexibility index (Phi) is 7.05. The Hall–Kier alpha value is -0.240. The number of hydrogen-bond donors (Lipinski definition) is 0. The first-order valence-corrected chi connectivity index (χ1v) is 4.67. The molecule has 4 heteroatoms. The van der Waals surface area contributed by atoms with Crippen molar-refractivity contribution in [3.8, 4) is 11.1 Å². The van der Waals surface area contributed by atoms with Gasteiger partial charge in [0.15, 0.2) is 24.8 Å². The van der Waals surface area contributed by atoms with Crippen LogP contribution >= 0.6 is 48.0 Å². The third-order valence-electron chi connectivity index (χ3n) is 2.29. The molecule has 2 nitrogen and oxygen atoms in total. The predicted molar refractivity (Wildman–Crippen MR) is 85.1 cm³/mol. The van der Waals surface area contributed by atoms with E-state index in [1.165, 1.54) is 11.1 Å². The van der Waals surface area contributed by atoms with Crippen molar-refractivity contribution in [3.05, 3.63) is 49.1 Å². The standard InChI is InChI=1S/C12H14N2.2HI/c1-13-7-3-11(4-8-13)12-5-9-14(2)10-6-12;;/h3-10H,1-2H3;2*1H/q+2;;. The van der Waals surface area contributed by atoms with E-state index in [0.29, 0.717) is 0 Å². The molecule has 0 unspecified atom stereocenters. The number of aromatic nitrogens is 2. The Balaban J connectivity index is 0.00000112. The van der Waals surface area contributed by atoms with Gasteiger partial charge < -0.3 is 0 Å². The molecular weight excluding hydrogens is 426 g/mol. The van der Waals surface area contributed by atoms with Crippen molar-refractivity contribution in [2.75, 3.05) is 0 Å². The summed E-state index contributed by atoms with van der Waals surface area (Å²) in [6, 6.07) is 8.48. The van der Waals surface area contributed by atoms with Gasteiger partial charge in [0.25, 0.3) is 0 Å². The molecule has 2 aromatic rings. The first kappa shape index (κ1) is 15.8. The van der Waals surface area contributed by atoms with E-state index >= 15 is 0 Å². The van der Waals surface area contributed by atoms with Crippen LogP contribution in [0.15, 0.2) is 49.1 Å². The van der Waals surface area contributed by atoms with Gasteiger partial charge in [-0.15, -0.1) is 48.0 Å². The zero-order valence-corrected chi connectivity index (χ0v) is 14.0. The maximum absolute atomic E-state index is 2.12. The van der Waals surface area contributed by atoms with Crippen molar-refractivity contribution in [1.82, 2.24) is 0 Å². The molecule has 0 aliphatic heterocycles. The van der Waals surface area contributed by atoms with Gasteiger partial charge in [0.05, 0.1) is 0 Å². The zero-order valence-electron chi connectivity index (χ0n) is 9.33. The second-order valence-corrected chi connectivity index (χ2v) is 3.50. The molecular formula is C12H16I2N2+2. The van der Waals surface area contributed by atoms with Gasteiger partial charge in [-0.2, -0.15) is 0 Å². The molecule has 0 fully saturated rings. The molecule has 2 aromatic heterocycles. The lowest BCUT2D eigenvalue weighted by molar-refractivity contribution is -0.671. The molecule has 0 saturated carbocycles. The molecule has 0 aromatic carbocycles. The molecule has 0 N–H and O–H groups in total. The highest BCUT2D eigenvalue weighted by molar-refractivity contribution is 14.0. The topological polar surface area (TPSA) is 7.76 Å². The fourth-order valence-electron chi connectivity index (χ4n) is 1.39. The highest BCUT2D eigenvalue weighted by Crippen LogP contribution is 2.14. The highest BCUT2D eigenvalue weighted by Gasteiger charge is 2.00. The molecule has 16 heavy (non-hydrogen) atoms. The summed E-state index contributed by atoms with van der Waals surface area (Å²) in [6.45, 7) is 0. The Labute approximate surface area is 130 Å². The minimum absolute atomic E-state index is 0. The SMILES string of the molecule is C[n+]1ccc(-c2cc[n+](C)cc2)cc1.I.I. The first-order chi connectivity index (χ1) is 6.75. The maximum Gasteiger partial charge on any atom is 0.169 e. The van der Waals surface area contributed by atoms with Gasteiger partial charge in [0.2, 0.25) is 0 Å². The van der Waals surface area contributed by atoms with Crippen LogP contribution in [0.5, 0.6) is 0 Å². The molecule has 0 radical (unpaired) electrons. The summed E-state index contributed by atoms with van der Waals surface area (Å²) in [7, 11) is 4.05. The Morgan fingerprint density at radius 3 is 1.12 bits per heavy atom. The number of rotatable bonds is 1. The van der Waals surface area contributed by atoms with E-state index in [4.69, 9.17) is 0 Å². The van der Waals surface area contributed by atoms with Gasteiger partial charge in [0, 0.05) is 24.3 Å². The van der Waals surface area contributed by atoms with Crippen molar-refractivity contribution in [2.24, 2.45) is 14.1 Å². The summed E-state index contributed by atoms with van der Waals surface area (Å²) >= 11 is 0. The van der Waals surface area contributed by atoms with Crippen molar-refractivity contribution in [1.29, 1.82) is 0 Å². The second kappa shape index (κ2) is 7.16. The van der Waals surface area contributed by atoms with E-state index in [9.17, 15) is 0 Å². The Morgan fingerprint density at radius 1 is 0.625 bits per heavy atom. The number of pyridine rings is 2. The molecule has 2 rings (SSSR count). The van der Waals surface area contributed by atoms with Gasteiger partial charge in [-0.1, -0.05) is 0 Å². The van der Waals surface area contributed by atoms with Crippen LogP contribution < -0.4 is 9.13 Å². The largest absolute Gasteiger partial charge is 0.208 e. The van der Waals surface area contributed by atoms with Crippen LogP contribution in [-0.2, 0) is 14.1 Å². The van der Waals surface area contributed by atoms with Crippen LogP contribution in [0, 0.1) is 0 Å². The van der Waals surface area contributed by atoms with Crippen molar-refractivity contribution < 1.29 is 9.13 Å². The van der Waals surface area contributed by atoms with E-state index in [2.05, 4.69) is 49.1 Å². The summed E-state index contributed by atoms with van der Waals surface area (Å²) in [5.41, 5.74) is 2.51. The normalized spacial score (nSPS) is 8.88. The van der Waals surface area contributed by atoms with Crippen molar-refractivity contribution >= 4 is 48.0 Å². The third kappa shape index (κ3) is 3.97. The van der Waals surface area contributed by atoms with Crippen LogP contribution in [-0.4, -0.2) is 0 Å². The summed E-state index contributed by atoms with van der Waals surface area (Å²) in [6.07, 6.45) is 8.23. The zero-order chi connectivity index (χ0) is 9.97. The number of nitrogens with zero attached hydrogens (tertiary/aromatic N) is 2. The van der Waals surface area contributed by atoms with Crippen LogP contribution in [0.25, 0.3) is 11.1 Å². The summed E-state index contributed by atoms with van der Waals surface area (Å²) in [4.78, 5) is 0. The molecule has 0 bridgehead atoms. The van der Waals surface area contributed by atoms with E-state index in [1.54, 1.807) is 0 Å². The Morgan fingerprint density at radius 2 is 0.875 bits per heavy atom. The van der Waals surface area contributed by atoms with Crippen LogP contribution in [0.3, 0.4) is 0 Å². The predicted octanol–water partition coefficient (Wildman–Crippen LogP) is 2.24. The quantitative estimate of drug-likeness (QED) is 0.473. The minimum atomic E-state index is 0. The minimum Gasteiger partial charge on any atom is -0.208 e. The van der Waals surface area contributed by atoms with Crippen molar-refractivity contribution in [3.63, 3.8) is 0 Å². The molecule has 0 amide bonds. The number of hydrogen-bond acceptors (Lipinski definition) is 0. The lowest BCUT2D eigenvalue weighted by Crippen LogP contribution is -2.26. The first-order valence-electron chi connectivity index (χ1n) is 4.67. The van der Waals surface area contributed by atoms with Gasteiger partial charge >= 0.3 is 0 Å². The fourth-order valence-corrected chi connectivity index (χ4v) is 1.39. The lowest BCUT2D eigenvalue weighted by Gasteiger charge is -1.97. The molecule has 0 aliphatic carbocycles. The summed E-state index contributed by atoms with van der Waals surface area (Å²) in [5, 5.41) is 0. The van der Waals surface area contributed by atoms with Gasteiger partial charge in [-0.25, -0.2) is 9.13 Å². The molecule has 0 atom stereocenters. The summed E-state index contributed by atoms with van der Waals surface area (Å²) in [5.74, 6) is 0. The molecule has 0 spiro atoms. The molecule has 2 heterocycles. The fraction of sp³-hybridized carbons (Fsp3) is 0.167. The second-order valence-electron chi connectivity index (χ2n) is 3.50. The Bertz CT molecular complexity index is 380. The maximum atomic E-state index is 2.12. The third-order valence-corrected chi connectivity index (χ3v) is 2.29. The van der Waals surface area contributed by atoms with Gasteiger partial charge in [-0.3, -0.25) is 0 Å². The number of halogens is 2. The monoisotopic (exact) mass is 442 g/mol. The molecule has 0 saturated heterocycles. The average Bonchev–Trinajstić information content (AvgIpc) is 2.21. The smallest absolute Gasteiger partial charge is 0.169 e. The van der Waals surface area contributed by atoms with E-state index in [-0.39, 0.29) is 48.0 Å². The average molecular weight is 442 g/mol. The van der Waals surface area contributed by atoms with E-state index in [0.717, 1.165) is 0 Å². The highest BCUT2D eigenvalue weighted by atomic mass is 127. The van der Waals surface area contributed by atoms with Crippen LogP contribution in [0.4, 0.5) is 0 Å². The summed E-state index contributed by atoms with van der Waals surface area (Å²) < 4.78 is 4.07. The van der Waals surface area contributed by atoms with E-state index < -0.39 is 0 Å². The van der Waals surface area contributed by atoms with Gasteiger partial charge in [-0.05, 0) is 11.1 Å². The van der Waals surface area contributed by atoms with Crippen LogP contribution in [0.1, 0.15) is 0 Å². The van der Waals surface area contributed by atoms with Crippen LogP contribution in [0.2, 0.25) is 0 Å². The van der Waals surface area contributed by atoms with Crippen molar-refractivity contribution in [2.45, 2.75) is 0 Å². The van der Waals surface area contributed by atoms with Gasteiger partial charge in [0.1, 0.15) is 14.1 Å². The molecule has 86 valence electrons. The number of aryl methyl sites for hydroxylation is 2.